The molecule has 0 radical (unpaired) electrons. The summed E-state index contributed by atoms with van der Waals surface area (Å²) in [5.41, 5.74) is 3.88. The number of rotatable bonds is 3. The highest BCUT2D eigenvalue weighted by atomic mass is 35.5. The second-order valence-electron chi connectivity index (χ2n) is 6.02. The van der Waals surface area contributed by atoms with Crippen molar-refractivity contribution >= 4 is 27.9 Å². The summed E-state index contributed by atoms with van der Waals surface area (Å²) in [7, 11) is 0. The van der Waals surface area contributed by atoms with Crippen LogP contribution in [-0.4, -0.2) is 29.6 Å². The molecule has 0 atom stereocenters. The van der Waals surface area contributed by atoms with Gasteiger partial charge < -0.3 is 0 Å². The molecule has 0 N–H and O–H groups in total. The molecular weight excluding hydrogens is 380 g/mol. The zero-order chi connectivity index (χ0) is 18.4. The van der Waals surface area contributed by atoms with Gasteiger partial charge in [-0.05, 0) is 31.2 Å². The predicted molar refractivity (Wildman–Crippen MR) is 106 cm³/mol. The maximum atomic E-state index is 5.98. The van der Waals surface area contributed by atoms with Gasteiger partial charge in [0.1, 0.15) is 5.01 Å². The van der Waals surface area contributed by atoms with Crippen LogP contribution in [0.15, 0.2) is 60.8 Å². The Kier molecular flexibility index (Phi) is 3.77. The number of benzene rings is 2. The van der Waals surface area contributed by atoms with Crippen molar-refractivity contribution in [1.29, 1.82) is 0 Å². The van der Waals surface area contributed by atoms with Crippen LogP contribution < -0.4 is 0 Å². The molecule has 0 aliphatic heterocycles. The smallest absolute Gasteiger partial charge is 0.235 e. The molecule has 2 aromatic carbocycles. The van der Waals surface area contributed by atoms with E-state index >= 15 is 0 Å². The van der Waals surface area contributed by atoms with Gasteiger partial charge in [0.25, 0.3) is 0 Å². The largest absolute Gasteiger partial charge is 0.237 e. The summed E-state index contributed by atoms with van der Waals surface area (Å²) in [6.45, 7) is 2.02. The quantitative estimate of drug-likeness (QED) is 0.447. The first-order valence-electron chi connectivity index (χ1n) is 8.29. The summed E-state index contributed by atoms with van der Waals surface area (Å²) in [6, 6.07) is 17.6. The molecule has 8 heteroatoms. The maximum Gasteiger partial charge on any atom is 0.235 e. The minimum Gasteiger partial charge on any atom is -0.237 e. The molecule has 27 heavy (non-hydrogen) atoms. The summed E-state index contributed by atoms with van der Waals surface area (Å²) >= 11 is 7.47. The standard InChI is InChI=1S/C19H13ClN6S/c1-12-16(11-21-25(12)15-5-3-2-4-6-15)17-22-23-19-26(17)24-18(27-19)13-7-9-14(20)10-8-13/h2-11H,1H3. The zero-order valence-electron chi connectivity index (χ0n) is 14.2. The van der Waals surface area contributed by atoms with E-state index in [9.17, 15) is 0 Å². The SMILES string of the molecule is Cc1c(-c2nnc3sc(-c4ccc(Cl)cc4)nn23)cnn1-c1ccccc1. The van der Waals surface area contributed by atoms with E-state index in [2.05, 4.69) is 15.3 Å². The number of nitrogens with zero attached hydrogens (tertiary/aromatic N) is 6. The lowest BCUT2D eigenvalue weighted by molar-refractivity contribution is 0.846. The van der Waals surface area contributed by atoms with Crippen molar-refractivity contribution in [2.45, 2.75) is 6.92 Å². The van der Waals surface area contributed by atoms with Gasteiger partial charge in [0.2, 0.25) is 4.96 Å². The van der Waals surface area contributed by atoms with Gasteiger partial charge in [-0.15, -0.1) is 10.2 Å². The monoisotopic (exact) mass is 392 g/mol. The highest BCUT2D eigenvalue weighted by molar-refractivity contribution is 7.19. The van der Waals surface area contributed by atoms with Crippen LogP contribution in [0.2, 0.25) is 5.02 Å². The fourth-order valence-corrected chi connectivity index (χ4v) is 3.92. The van der Waals surface area contributed by atoms with E-state index < -0.39 is 0 Å². The summed E-state index contributed by atoms with van der Waals surface area (Å²) in [4.78, 5) is 0.738. The average Bonchev–Trinajstić information content (AvgIpc) is 3.37. The van der Waals surface area contributed by atoms with Crippen molar-refractivity contribution in [1.82, 2.24) is 29.6 Å². The molecule has 0 aliphatic rings. The number of para-hydroxylation sites is 1. The lowest BCUT2D eigenvalue weighted by Gasteiger charge is -2.04. The van der Waals surface area contributed by atoms with Crippen molar-refractivity contribution in [3.63, 3.8) is 0 Å². The molecule has 6 nitrogen and oxygen atoms in total. The van der Waals surface area contributed by atoms with Gasteiger partial charge in [-0.1, -0.05) is 53.3 Å². The van der Waals surface area contributed by atoms with Gasteiger partial charge in [0.15, 0.2) is 5.82 Å². The Labute approximate surface area is 163 Å². The minimum absolute atomic E-state index is 0.682. The van der Waals surface area contributed by atoms with Gasteiger partial charge in [-0.2, -0.15) is 14.7 Å². The summed E-state index contributed by atoms with van der Waals surface area (Å²) in [5, 5.41) is 19.4. The van der Waals surface area contributed by atoms with Crippen LogP contribution in [0.25, 0.3) is 32.6 Å². The normalized spacial score (nSPS) is 11.3. The van der Waals surface area contributed by atoms with Crippen LogP contribution in [0.3, 0.4) is 0 Å². The van der Waals surface area contributed by atoms with Crippen molar-refractivity contribution in [3.8, 4) is 27.6 Å². The third kappa shape index (κ3) is 2.72. The number of hydrogen-bond donors (Lipinski definition) is 0. The molecule has 5 aromatic rings. The van der Waals surface area contributed by atoms with Gasteiger partial charge in [-0.25, -0.2) is 4.68 Å². The van der Waals surface area contributed by atoms with Crippen molar-refractivity contribution in [2.75, 3.05) is 0 Å². The van der Waals surface area contributed by atoms with Crippen molar-refractivity contribution in [2.24, 2.45) is 0 Å². The topological polar surface area (TPSA) is 60.9 Å². The average molecular weight is 393 g/mol. The first-order chi connectivity index (χ1) is 13.2. The predicted octanol–water partition coefficient (Wildman–Crippen LogP) is 4.67. The molecule has 0 aliphatic carbocycles. The molecule has 0 bridgehead atoms. The second-order valence-corrected chi connectivity index (χ2v) is 7.42. The molecule has 132 valence electrons. The van der Waals surface area contributed by atoms with Gasteiger partial charge in [-0.3, -0.25) is 0 Å². The highest BCUT2D eigenvalue weighted by Crippen LogP contribution is 2.30. The first kappa shape index (κ1) is 16.2. The third-order valence-corrected chi connectivity index (χ3v) is 5.53. The zero-order valence-corrected chi connectivity index (χ0v) is 15.8. The Morgan fingerprint density at radius 1 is 0.963 bits per heavy atom. The van der Waals surface area contributed by atoms with Gasteiger partial charge in [0, 0.05) is 10.6 Å². The number of hydrogen-bond acceptors (Lipinski definition) is 5. The summed E-state index contributed by atoms with van der Waals surface area (Å²) in [6.07, 6.45) is 1.81. The van der Waals surface area contributed by atoms with E-state index in [1.807, 2.05) is 66.2 Å². The van der Waals surface area contributed by atoms with Crippen LogP contribution in [0.5, 0.6) is 0 Å². The van der Waals surface area contributed by atoms with Crippen molar-refractivity contribution in [3.05, 3.63) is 71.5 Å². The third-order valence-electron chi connectivity index (χ3n) is 4.33. The minimum atomic E-state index is 0.682. The van der Waals surface area contributed by atoms with E-state index in [-0.39, 0.29) is 0 Å². The van der Waals surface area contributed by atoms with Crippen LogP contribution in [-0.2, 0) is 0 Å². The highest BCUT2D eigenvalue weighted by Gasteiger charge is 2.19. The Balaban J connectivity index is 1.60. The molecule has 5 rings (SSSR count). The van der Waals surface area contributed by atoms with Crippen LogP contribution in [0.1, 0.15) is 5.69 Å². The van der Waals surface area contributed by atoms with Crippen LogP contribution in [0.4, 0.5) is 0 Å². The summed E-state index contributed by atoms with van der Waals surface area (Å²) < 4.78 is 3.66. The Morgan fingerprint density at radius 2 is 1.74 bits per heavy atom. The Hall–Kier alpha value is -3.03. The molecule has 3 aromatic heterocycles. The molecule has 0 amide bonds. The van der Waals surface area contributed by atoms with E-state index in [4.69, 9.17) is 16.7 Å². The van der Waals surface area contributed by atoms with E-state index in [0.29, 0.717) is 10.8 Å². The van der Waals surface area contributed by atoms with Crippen LogP contribution in [0, 0.1) is 6.92 Å². The number of fused-ring (bicyclic) bond motifs is 1. The molecular formula is C19H13ClN6S. The lowest BCUT2D eigenvalue weighted by Crippen LogP contribution is -1.99. The summed E-state index contributed by atoms with van der Waals surface area (Å²) in [5.74, 6) is 0.682. The lowest BCUT2D eigenvalue weighted by atomic mass is 10.2. The number of aromatic nitrogens is 6. The molecule has 0 saturated carbocycles. The Bertz CT molecular complexity index is 1240. The van der Waals surface area contributed by atoms with E-state index in [0.717, 1.165) is 32.5 Å². The first-order valence-corrected chi connectivity index (χ1v) is 9.49. The molecule has 0 unspecified atom stereocenters. The van der Waals surface area contributed by atoms with E-state index in [1.165, 1.54) is 11.3 Å². The van der Waals surface area contributed by atoms with Gasteiger partial charge in [0.05, 0.1) is 23.1 Å². The van der Waals surface area contributed by atoms with Crippen molar-refractivity contribution < 1.29 is 0 Å². The fraction of sp³-hybridized carbons (Fsp3) is 0.0526. The van der Waals surface area contributed by atoms with Crippen LogP contribution >= 0.6 is 22.9 Å². The molecule has 0 saturated heterocycles. The maximum absolute atomic E-state index is 5.98. The second kappa shape index (κ2) is 6.29. The molecule has 0 fully saturated rings. The molecule has 3 heterocycles. The fourth-order valence-electron chi connectivity index (χ4n) is 2.95. The molecule has 0 spiro atoms. The Morgan fingerprint density at radius 3 is 2.52 bits per heavy atom. The van der Waals surface area contributed by atoms with Gasteiger partial charge >= 0.3 is 0 Å². The van der Waals surface area contributed by atoms with E-state index in [1.54, 1.807) is 10.7 Å². The number of halogens is 1.